The first-order valence-electron chi connectivity index (χ1n) is 7.49. The number of hydrogen-bond donors (Lipinski definition) is 2. The molecule has 1 aromatic heterocycles. The number of allylic oxidation sites excluding steroid dienone is 3. The Morgan fingerprint density at radius 2 is 2.04 bits per heavy atom. The molecule has 0 unspecified atom stereocenters. The molecule has 0 aliphatic rings. The Hall–Kier alpha value is -1.95. The minimum Gasteiger partial charge on any atom is -0.383 e. The molecule has 2 N–H and O–H groups in total. The molecule has 23 heavy (non-hydrogen) atoms. The fourth-order valence-corrected chi connectivity index (χ4v) is 2.28. The Bertz CT molecular complexity index is 594. The number of anilines is 2. The maximum atomic E-state index is 11.0. The summed E-state index contributed by atoms with van der Waals surface area (Å²) in [6, 6.07) is 3.95. The summed E-state index contributed by atoms with van der Waals surface area (Å²) in [7, 11) is 5.73. The molecule has 0 bridgehead atoms. The second kappa shape index (κ2) is 9.25. The van der Waals surface area contributed by atoms with Gasteiger partial charge in [-0.25, -0.2) is 4.98 Å². The van der Waals surface area contributed by atoms with Gasteiger partial charge in [0.15, 0.2) is 0 Å². The zero-order chi connectivity index (χ0) is 17.4. The highest BCUT2D eigenvalue weighted by Crippen LogP contribution is 2.25. The third-order valence-corrected chi connectivity index (χ3v) is 3.58. The van der Waals surface area contributed by atoms with Crippen LogP contribution in [0.1, 0.15) is 26.5 Å². The average Bonchev–Trinajstić information content (AvgIpc) is 2.51. The minimum absolute atomic E-state index is 0.471. The van der Waals surface area contributed by atoms with Gasteiger partial charge in [-0.15, -0.1) is 0 Å². The number of carbonyl (C=O) groups is 1. The van der Waals surface area contributed by atoms with Gasteiger partial charge in [0.2, 0.25) is 0 Å². The van der Waals surface area contributed by atoms with Crippen molar-refractivity contribution in [2.45, 2.75) is 26.0 Å². The van der Waals surface area contributed by atoms with Crippen LogP contribution in [0.15, 0.2) is 30.0 Å². The number of hydrogen-bond acceptors (Lipinski definition) is 6. The lowest BCUT2D eigenvalue weighted by Gasteiger charge is -2.14. The summed E-state index contributed by atoms with van der Waals surface area (Å²) in [5.41, 5.74) is 3.31. The Morgan fingerprint density at radius 3 is 2.57 bits per heavy atom. The number of nitrogens with zero attached hydrogens (tertiary/aromatic N) is 2. The van der Waals surface area contributed by atoms with Crippen molar-refractivity contribution in [3.8, 4) is 0 Å². The van der Waals surface area contributed by atoms with E-state index < -0.39 is 0 Å². The molecule has 0 fully saturated rings. The van der Waals surface area contributed by atoms with E-state index in [1.165, 1.54) is 0 Å². The van der Waals surface area contributed by atoms with Gasteiger partial charge in [0.25, 0.3) is 0 Å². The van der Waals surface area contributed by atoms with E-state index in [0.29, 0.717) is 10.8 Å². The van der Waals surface area contributed by atoms with E-state index in [9.17, 15) is 4.79 Å². The van der Waals surface area contributed by atoms with Crippen LogP contribution < -0.4 is 10.0 Å². The van der Waals surface area contributed by atoms with E-state index in [-0.39, 0.29) is 0 Å². The van der Waals surface area contributed by atoms with Crippen LogP contribution in [0.4, 0.5) is 11.5 Å². The van der Waals surface area contributed by atoms with Crippen LogP contribution in [0.3, 0.4) is 0 Å². The first-order chi connectivity index (χ1) is 10.8. The van der Waals surface area contributed by atoms with E-state index in [1.54, 1.807) is 18.9 Å². The molecular formula is C17H26N4OS. The third-order valence-electron chi connectivity index (χ3n) is 2.76. The van der Waals surface area contributed by atoms with Crippen LogP contribution in [0, 0.1) is 0 Å². The van der Waals surface area contributed by atoms with Crippen molar-refractivity contribution in [3.63, 3.8) is 0 Å². The summed E-state index contributed by atoms with van der Waals surface area (Å²) in [5.74, 6) is 0.774. The zero-order valence-corrected chi connectivity index (χ0v) is 15.5. The van der Waals surface area contributed by atoms with Gasteiger partial charge >= 0.3 is 0 Å². The highest BCUT2D eigenvalue weighted by molar-refractivity contribution is 8.01. The van der Waals surface area contributed by atoms with E-state index in [1.807, 2.05) is 50.5 Å². The lowest BCUT2D eigenvalue weighted by Crippen LogP contribution is -2.05. The molecule has 1 rings (SSSR count). The highest BCUT2D eigenvalue weighted by atomic mass is 32.2. The smallest absolute Gasteiger partial charge is 0.145 e. The molecule has 0 atom stereocenters. The minimum atomic E-state index is 0.471. The van der Waals surface area contributed by atoms with Crippen LogP contribution in [0.5, 0.6) is 0 Å². The number of pyridine rings is 1. The molecule has 0 spiro atoms. The van der Waals surface area contributed by atoms with Crippen LogP contribution in [-0.2, 0) is 4.79 Å². The van der Waals surface area contributed by atoms with Crippen LogP contribution in [0.25, 0.3) is 5.57 Å². The molecule has 0 aliphatic heterocycles. The molecular weight excluding hydrogens is 308 g/mol. The second-order valence-electron chi connectivity index (χ2n) is 5.70. The first kappa shape index (κ1) is 19.1. The monoisotopic (exact) mass is 334 g/mol. The standard InChI is InChI=1S/C17H26N4OS/c1-12(2)23-20-15-8-16(19-17(9-15)18-4)14(10-21(5)6)7-13(3)11-22/h7-12H,1-6H3,(H2,18,19,20)/b13-7-,14-10+. The quantitative estimate of drug-likeness (QED) is 0.328. The number of aromatic nitrogens is 1. The molecule has 0 aliphatic carbocycles. The lowest BCUT2D eigenvalue weighted by molar-refractivity contribution is -0.104. The van der Waals surface area contributed by atoms with Crippen molar-refractivity contribution in [3.05, 3.63) is 35.7 Å². The highest BCUT2D eigenvalue weighted by Gasteiger charge is 2.08. The van der Waals surface area contributed by atoms with Gasteiger partial charge in [0.05, 0.1) is 5.69 Å². The van der Waals surface area contributed by atoms with Crippen molar-refractivity contribution in [2.75, 3.05) is 31.2 Å². The van der Waals surface area contributed by atoms with E-state index in [4.69, 9.17) is 0 Å². The van der Waals surface area contributed by atoms with Gasteiger partial charge in [-0.2, -0.15) is 0 Å². The van der Waals surface area contributed by atoms with Gasteiger partial charge < -0.3 is 14.9 Å². The first-order valence-corrected chi connectivity index (χ1v) is 8.37. The van der Waals surface area contributed by atoms with Gasteiger partial charge in [-0.1, -0.05) is 13.8 Å². The average molecular weight is 334 g/mol. The van der Waals surface area contributed by atoms with Crippen molar-refractivity contribution in [2.24, 2.45) is 0 Å². The molecule has 6 heteroatoms. The predicted molar refractivity (Wildman–Crippen MR) is 102 cm³/mol. The van der Waals surface area contributed by atoms with Gasteiger partial charge in [-0.3, -0.25) is 4.79 Å². The molecule has 1 heterocycles. The summed E-state index contributed by atoms with van der Waals surface area (Å²) in [6.45, 7) is 6.05. The lowest BCUT2D eigenvalue weighted by atomic mass is 10.1. The van der Waals surface area contributed by atoms with Crippen molar-refractivity contribution >= 4 is 35.3 Å². The number of nitrogens with one attached hydrogen (secondary N) is 2. The Kier molecular flexibility index (Phi) is 7.68. The fourth-order valence-electron chi connectivity index (χ4n) is 1.79. The summed E-state index contributed by atoms with van der Waals surface area (Å²) in [6.07, 6.45) is 4.64. The van der Waals surface area contributed by atoms with Crippen LogP contribution >= 0.6 is 11.9 Å². The molecule has 0 saturated carbocycles. The summed E-state index contributed by atoms with van der Waals surface area (Å²) in [5, 5.41) is 3.55. The van der Waals surface area contributed by atoms with Crippen LogP contribution in [0.2, 0.25) is 0 Å². The second-order valence-corrected chi connectivity index (χ2v) is 7.08. The maximum Gasteiger partial charge on any atom is 0.145 e. The number of rotatable bonds is 8. The largest absolute Gasteiger partial charge is 0.383 e. The molecule has 0 radical (unpaired) electrons. The summed E-state index contributed by atoms with van der Waals surface area (Å²) in [4.78, 5) is 17.5. The molecule has 1 aromatic rings. The van der Waals surface area contributed by atoms with Gasteiger partial charge in [0, 0.05) is 49.9 Å². The Morgan fingerprint density at radius 1 is 1.35 bits per heavy atom. The van der Waals surface area contributed by atoms with E-state index in [0.717, 1.165) is 29.1 Å². The molecule has 0 amide bonds. The topological polar surface area (TPSA) is 57.3 Å². The van der Waals surface area contributed by atoms with E-state index in [2.05, 4.69) is 28.9 Å². The molecule has 0 saturated heterocycles. The summed E-state index contributed by atoms with van der Waals surface area (Å²) < 4.78 is 3.34. The normalized spacial score (nSPS) is 12.3. The number of carbonyl (C=O) groups excluding carboxylic acids is 1. The molecule has 126 valence electrons. The predicted octanol–water partition coefficient (Wildman–Crippen LogP) is 3.64. The summed E-state index contributed by atoms with van der Waals surface area (Å²) >= 11 is 1.65. The maximum absolute atomic E-state index is 11.0. The number of aldehydes is 1. The van der Waals surface area contributed by atoms with Crippen molar-refractivity contribution in [1.82, 2.24) is 9.88 Å². The van der Waals surface area contributed by atoms with Crippen molar-refractivity contribution in [1.29, 1.82) is 0 Å². The Labute approximate surface area is 143 Å². The molecule has 5 nitrogen and oxygen atoms in total. The zero-order valence-electron chi connectivity index (χ0n) is 14.7. The van der Waals surface area contributed by atoms with Crippen LogP contribution in [-0.4, -0.2) is 42.6 Å². The molecule has 0 aromatic carbocycles. The Balaban J connectivity index is 3.29. The fraction of sp³-hybridized carbons (Fsp3) is 0.412. The SMILES string of the molecule is CNc1cc(NSC(C)C)cc(C(/C=C(/C)C=O)=C/N(C)C)n1. The van der Waals surface area contributed by atoms with Gasteiger partial charge in [0.1, 0.15) is 12.1 Å². The van der Waals surface area contributed by atoms with Gasteiger partial charge in [-0.05, 0) is 36.6 Å². The van der Waals surface area contributed by atoms with Crippen molar-refractivity contribution < 1.29 is 4.79 Å². The third kappa shape index (κ3) is 6.78. The van der Waals surface area contributed by atoms with E-state index >= 15 is 0 Å².